The van der Waals surface area contributed by atoms with Gasteiger partial charge in [-0.25, -0.2) is 0 Å². The standard InChI is InChI=1S/C38H64O9/c1-21(2)11-10-15-38(9,44)23-12-17-37(8)29(23)24(40)19-27-35(6)16-14-28(34(4,5)26(35)13-18-36(27,37)7)47-33-32(43)31(42)30(41)25(46-33)20-45-22(3)39/h11,23-33,40-44H,10,12-20H2,1-9H3/t23-,24+,25+,26-,27+,28-,29-,30+,31-,32+,33-,35-,36+,37+,38+/m0/s1. The summed E-state index contributed by atoms with van der Waals surface area (Å²) in [4.78, 5) is 11.4. The molecule has 5 fully saturated rings. The smallest absolute Gasteiger partial charge is 0.302 e. The number of aliphatic hydroxyl groups is 5. The zero-order valence-electron chi connectivity index (χ0n) is 30.4. The number of aliphatic hydroxyl groups excluding tert-OH is 4. The van der Waals surface area contributed by atoms with Gasteiger partial charge in [0.25, 0.3) is 0 Å². The van der Waals surface area contributed by atoms with Crippen molar-refractivity contribution >= 4 is 5.97 Å². The second-order valence-corrected chi connectivity index (χ2v) is 17.9. The maximum Gasteiger partial charge on any atom is 0.302 e. The van der Waals surface area contributed by atoms with Crippen LogP contribution in [0.25, 0.3) is 0 Å². The van der Waals surface area contributed by atoms with Crippen molar-refractivity contribution in [3.8, 4) is 0 Å². The minimum Gasteiger partial charge on any atom is -0.463 e. The first-order chi connectivity index (χ1) is 21.7. The van der Waals surface area contributed by atoms with Crippen molar-refractivity contribution in [3.63, 3.8) is 0 Å². The Morgan fingerprint density at radius 2 is 1.55 bits per heavy atom. The Hall–Kier alpha value is -1.07. The number of rotatable bonds is 8. The molecular weight excluding hydrogens is 600 g/mol. The first-order valence-electron chi connectivity index (χ1n) is 18.2. The van der Waals surface area contributed by atoms with Crippen molar-refractivity contribution in [3.05, 3.63) is 11.6 Å². The third-order valence-corrected chi connectivity index (χ3v) is 14.7. The quantitative estimate of drug-likeness (QED) is 0.139. The molecule has 5 aliphatic rings. The van der Waals surface area contributed by atoms with E-state index in [1.165, 1.54) is 12.5 Å². The van der Waals surface area contributed by atoms with Crippen LogP contribution in [0, 0.1) is 45.3 Å². The van der Waals surface area contributed by atoms with Gasteiger partial charge in [-0.1, -0.05) is 46.3 Å². The minimum atomic E-state index is -1.50. The molecule has 1 heterocycles. The second kappa shape index (κ2) is 12.9. The van der Waals surface area contributed by atoms with Crippen LogP contribution in [0.2, 0.25) is 0 Å². The molecule has 0 aromatic carbocycles. The monoisotopic (exact) mass is 664 g/mol. The number of allylic oxidation sites excluding steroid dienone is 2. The lowest BCUT2D eigenvalue weighted by molar-refractivity contribution is -0.332. The third kappa shape index (κ3) is 6.16. The number of esters is 1. The highest BCUT2D eigenvalue weighted by Gasteiger charge is 2.71. The molecular formula is C38H64O9. The largest absolute Gasteiger partial charge is 0.463 e. The average Bonchev–Trinajstić information content (AvgIpc) is 3.35. The van der Waals surface area contributed by atoms with Crippen LogP contribution in [0.15, 0.2) is 11.6 Å². The van der Waals surface area contributed by atoms with Crippen LogP contribution in [-0.4, -0.2) is 86.6 Å². The number of ether oxygens (including phenoxy) is 3. The number of hydrogen-bond donors (Lipinski definition) is 5. The highest BCUT2D eigenvalue weighted by Crippen LogP contribution is 2.76. The topological polar surface area (TPSA) is 146 Å². The Bertz CT molecular complexity index is 1180. The van der Waals surface area contributed by atoms with E-state index in [-0.39, 0.29) is 52.1 Å². The van der Waals surface area contributed by atoms with E-state index in [1.807, 2.05) is 6.92 Å². The summed E-state index contributed by atoms with van der Waals surface area (Å²) in [5, 5.41) is 55.8. The van der Waals surface area contributed by atoms with Crippen molar-refractivity contribution in [2.45, 2.75) is 169 Å². The third-order valence-electron chi connectivity index (χ3n) is 14.7. The molecule has 0 aromatic rings. The molecule has 4 saturated carbocycles. The molecule has 1 aliphatic heterocycles. The molecule has 0 spiro atoms. The maximum absolute atomic E-state index is 12.1. The molecule has 270 valence electrons. The van der Waals surface area contributed by atoms with Crippen molar-refractivity contribution in [1.82, 2.24) is 0 Å². The Morgan fingerprint density at radius 3 is 2.19 bits per heavy atom. The highest BCUT2D eigenvalue weighted by molar-refractivity contribution is 5.65. The molecule has 1 saturated heterocycles. The van der Waals surface area contributed by atoms with E-state index in [0.717, 1.165) is 51.4 Å². The lowest BCUT2D eigenvalue weighted by atomic mass is 9.35. The fourth-order valence-corrected chi connectivity index (χ4v) is 12.0. The normalized spacial score (nSPS) is 48.8. The van der Waals surface area contributed by atoms with Gasteiger partial charge in [0.1, 0.15) is 31.0 Å². The molecule has 0 bridgehead atoms. The van der Waals surface area contributed by atoms with Gasteiger partial charge in [-0.3, -0.25) is 4.79 Å². The fourth-order valence-electron chi connectivity index (χ4n) is 12.0. The van der Waals surface area contributed by atoms with Gasteiger partial charge >= 0.3 is 5.97 Å². The van der Waals surface area contributed by atoms with Crippen molar-refractivity contribution in [2.75, 3.05) is 6.61 Å². The van der Waals surface area contributed by atoms with E-state index < -0.39 is 48.4 Å². The summed E-state index contributed by atoms with van der Waals surface area (Å²) in [5.41, 5.74) is 0.0157. The molecule has 15 atom stereocenters. The number of fused-ring (bicyclic) bond motifs is 5. The summed E-state index contributed by atoms with van der Waals surface area (Å²) in [7, 11) is 0. The first kappa shape index (κ1) is 37.2. The summed E-state index contributed by atoms with van der Waals surface area (Å²) in [6.07, 6.45) is 2.82. The number of carbonyl (C=O) groups excluding carboxylic acids is 1. The number of hydrogen-bond acceptors (Lipinski definition) is 9. The van der Waals surface area contributed by atoms with Crippen LogP contribution in [0.3, 0.4) is 0 Å². The van der Waals surface area contributed by atoms with Crippen LogP contribution in [-0.2, 0) is 19.0 Å². The molecule has 5 N–H and O–H groups in total. The van der Waals surface area contributed by atoms with Crippen molar-refractivity contribution in [2.24, 2.45) is 45.3 Å². The summed E-state index contributed by atoms with van der Waals surface area (Å²) in [6, 6.07) is 0. The summed E-state index contributed by atoms with van der Waals surface area (Å²) < 4.78 is 17.5. The molecule has 0 unspecified atom stereocenters. The lowest BCUT2D eigenvalue weighted by Gasteiger charge is -2.70. The van der Waals surface area contributed by atoms with Crippen LogP contribution in [0.5, 0.6) is 0 Å². The Morgan fingerprint density at radius 1 is 0.894 bits per heavy atom. The van der Waals surface area contributed by atoms with Gasteiger partial charge < -0.3 is 39.7 Å². The first-order valence-corrected chi connectivity index (χ1v) is 18.2. The van der Waals surface area contributed by atoms with Crippen LogP contribution in [0.4, 0.5) is 0 Å². The van der Waals surface area contributed by atoms with Crippen molar-refractivity contribution < 1.29 is 44.5 Å². The van der Waals surface area contributed by atoms with Gasteiger partial charge in [-0.2, -0.15) is 0 Å². The maximum atomic E-state index is 12.1. The second-order valence-electron chi connectivity index (χ2n) is 17.9. The SMILES string of the molecule is CC(=O)OC[C@H]1O[C@@H](O[C@H]2CC[C@]3(C)[C@H]4C[C@@H](O)[C@@H]5[C@@H]([C@](C)(O)CCC=C(C)C)CC[C@@]5(C)[C@]4(C)CC[C@H]3C2(C)C)[C@H](O)[C@@H](O)[C@@H]1O. The predicted octanol–water partition coefficient (Wildman–Crippen LogP) is 4.90. The van der Waals surface area contributed by atoms with Gasteiger partial charge in [0.15, 0.2) is 6.29 Å². The van der Waals surface area contributed by atoms with Gasteiger partial charge in [-0.05, 0) is 124 Å². The zero-order valence-corrected chi connectivity index (χ0v) is 30.4. The Balaban J connectivity index is 1.35. The van der Waals surface area contributed by atoms with E-state index in [1.54, 1.807) is 0 Å². The summed E-state index contributed by atoms with van der Waals surface area (Å²) >= 11 is 0. The van der Waals surface area contributed by atoms with Gasteiger partial charge in [-0.15, -0.1) is 0 Å². The van der Waals surface area contributed by atoms with Crippen LogP contribution in [0.1, 0.15) is 120 Å². The Labute approximate surface area is 282 Å². The molecule has 47 heavy (non-hydrogen) atoms. The van der Waals surface area contributed by atoms with Crippen LogP contribution < -0.4 is 0 Å². The van der Waals surface area contributed by atoms with E-state index in [2.05, 4.69) is 54.5 Å². The van der Waals surface area contributed by atoms with Crippen molar-refractivity contribution in [1.29, 1.82) is 0 Å². The van der Waals surface area contributed by atoms with Crippen LogP contribution >= 0.6 is 0 Å². The zero-order chi connectivity index (χ0) is 34.9. The fraction of sp³-hybridized carbons (Fsp3) is 0.921. The average molecular weight is 665 g/mol. The molecule has 0 amide bonds. The van der Waals surface area contributed by atoms with E-state index in [9.17, 15) is 30.3 Å². The van der Waals surface area contributed by atoms with Gasteiger partial charge in [0.2, 0.25) is 0 Å². The molecule has 9 nitrogen and oxygen atoms in total. The summed E-state index contributed by atoms with van der Waals surface area (Å²) in [5.74, 6) is 0.196. The predicted molar refractivity (Wildman–Crippen MR) is 178 cm³/mol. The minimum absolute atomic E-state index is 0.0174. The molecule has 0 aromatic heterocycles. The Kier molecular flexibility index (Phi) is 10.2. The summed E-state index contributed by atoms with van der Waals surface area (Å²) in [6.45, 7) is 19.0. The van der Waals surface area contributed by atoms with Gasteiger partial charge in [0, 0.05) is 6.92 Å². The molecule has 9 heteroatoms. The van der Waals surface area contributed by atoms with Gasteiger partial charge in [0.05, 0.1) is 17.8 Å². The molecule has 0 radical (unpaired) electrons. The highest BCUT2D eigenvalue weighted by atomic mass is 16.7. The van der Waals surface area contributed by atoms with E-state index >= 15 is 0 Å². The molecule has 4 aliphatic carbocycles. The van der Waals surface area contributed by atoms with E-state index in [4.69, 9.17) is 14.2 Å². The lowest BCUT2D eigenvalue weighted by Crippen LogP contribution is -2.67. The van der Waals surface area contributed by atoms with E-state index in [0.29, 0.717) is 12.3 Å². The number of carbonyl (C=O) groups is 1. The molecule has 5 rings (SSSR count).